The number of ether oxygens (including phenoxy) is 2. The highest BCUT2D eigenvalue weighted by atomic mass is 16.6. The van der Waals surface area contributed by atoms with E-state index in [1.165, 1.54) is 0 Å². The van der Waals surface area contributed by atoms with Crippen LogP contribution in [0.1, 0.15) is 13.8 Å². The molecule has 1 aromatic rings. The van der Waals surface area contributed by atoms with Gasteiger partial charge < -0.3 is 19.3 Å². The van der Waals surface area contributed by atoms with Crippen LogP contribution in [-0.2, 0) is 4.74 Å². The Morgan fingerprint density at radius 3 is 2.25 bits per heavy atom. The van der Waals surface area contributed by atoms with Gasteiger partial charge in [-0.1, -0.05) is 0 Å². The highest BCUT2D eigenvalue weighted by Gasteiger charge is 2.30. The lowest BCUT2D eigenvalue weighted by atomic mass is 10.1. The quantitative estimate of drug-likeness (QED) is 0.721. The monoisotopic (exact) mass is 282 g/mol. The molecule has 0 atom stereocenters. The van der Waals surface area contributed by atoms with Crippen molar-refractivity contribution in [3.63, 3.8) is 0 Å². The third-order valence-corrected chi connectivity index (χ3v) is 3.25. The van der Waals surface area contributed by atoms with E-state index >= 15 is 0 Å². The summed E-state index contributed by atoms with van der Waals surface area (Å²) in [6.45, 7) is 6.11. The molecule has 1 fully saturated rings. The molecule has 7 nitrogen and oxygen atoms in total. The Labute approximate surface area is 116 Å². The fourth-order valence-electron chi connectivity index (χ4n) is 2.25. The molecule has 1 heterocycles. The number of nitrogens with zero attached hydrogens (tertiary/aromatic N) is 2. The van der Waals surface area contributed by atoms with E-state index in [1.807, 2.05) is 0 Å². The van der Waals surface area contributed by atoms with Crippen LogP contribution in [0, 0.1) is 0 Å². The average molecular weight is 282 g/mol. The van der Waals surface area contributed by atoms with Crippen LogP contribution in [0.5, 0.6) is 5.75 Å². The molecule has 20 heavy (non-hydrogen) atoms. The zero-order chi connectivity index (χ0) is 14.7. The average Bonchev–Trinajstić information content (AvgIpc) is 2.47. The van der Waals surface area contributed by atoms with E-state index in [4.69, 9.17) is 9.47 Å². The Bertz CT molecular complexity index is 553. The smallest absolute Gasteiger partial charge is 0.409 e. The molecule has 1 aromatic carbocycles. The maximum atomic E-state index is 11.6. The van der Waals surface area contributed by atoms with Gasteiger partial charge >= 0.3 is 6.09 Å². The van der Waals surface area contributed by atoms with Gasteiger partial charge in [0.2, 0.25) is 0 Å². The van der Waals surface area contributed by atoms with E-state index in [0.29, 0.717) is 45.1 Å². The van der Waals surface area contributed by atoms with E-state index in [2.05, 4.69) is 0 Å². The van der Waals surface area contributed by atoms with Crippen molar-refractivity contribution in [2.75, 3.05) is 44.3 Å². The van der Waals surface area contributed by atoms with Crippen molar-refractivity contribution in [1.29, 1.82) is 0 Å². The third kappa shape index (κ3) is 2.48. The molecule has 1 aliphatic rings. The van der Waals surface area contributed by atoms with Crippen LogP contribution in [-0.4, -0.2) is 50.4 Å². The van der Waals surface area contributed by atoms with Crippen molar-refractivity contribution in [2.45, 2.75) is 13.8 Å². The fraction of sp³-hybridized carbons (Fsp3) is 0.615. The van der Waals surface area contributed by atoms with Crippen molar-refractivity contribution >= 4 is 11.8 Å². The molecule has 110 valence electrons. The molecule has 0 aliphatic carbocycles. The van der Waals surface area contributed by atoms with Crippen LogP contribution in [0.15, 0.2) is 9.59 Å². The molecule has 0 aromatic heterocycles. The van der Waals surface area contributed by atoms with Gasteiger partial charge in [-0.3, -0.25) is 9.59 Å². The number of carbonyl (C=O) groups excluding carboxylic acids is 1. The molecule has 0 saturated carbocycles. The number of hydrogen-bond acceptors (Lipinski definition) is 6. The van der Waals surface area contributed by atoms with Crippen LogP contribution in [0.2, 0.25) is 0 Å². The molecule has 1 amide bonds. The Kier molecular flexibility index (Phi) is 4.26. The molecule has 0 unspecified atom stereocenters. The number of piperazine rings is 1. The van der Waals surface area contributed by atoms with Crippen molar-refractivity contribution in [2.24, 2.45) is 0 Å². The van der Waals surface area contributed by atoms with Crippen molar-refractivity contribution in [3.8, 4) is 5.75 Å². The Morgan fingerprint density at radius 2 is 1.70 bits per heavy atom. The molecule has 0 N–H and O–H groups in total. The van der Waals surface area contributed by atoms with Gasteiger partial charge in [-0.25, -0.2) is 4.79 Å². The van der Waals surface area contributed by atoms with E-state index in [1.54, 1.807) is 23.6 Å². The lowest BCUT2D eigenvalue weighted by molar-refractivity contribution is 0.105. The zero-order valence-electron chi connectivity index (χ0n) is 11.7. The third-order valence-electron chi connectivity index (χ3n) is 3.25. The molecule has 1 aliphatic heterocycles. The molecule has 0 spiro atoms. The molecule has 7 heteroatoms. The molecular formula is C13H18N2O5. The summed E-state index contributed by atoms with van der Waals surface area (Å²) < 4.78 is 10.1. The summed E-state index contributed by atoms with van der Waals surface area (Å²) in [5.41, 5.74) is -0.715. The normalized spacial score (nSPS) is 15.5. The fourth-order valence-corrected chi connectivity index (χ4v) is 2.25. The standard InChI is InChI=1S/C13H18N2O5/c1-3-19-12-9(10(16)11(12)17)14-5-7-15(8-6-14)13(18)20-4-2/h3-8H2,1-2H3. The van der Waals surface area contributed by atoms with Crippen LogP contribution < -0.4 is 20.5 Å². The summed E-state index contributed by atoms with van der Waals surface area (Å²) in [6.07, 6.45) is -0.345. The van der Waals surface area contributed by atoms with Gasteiger partial charge in [0.1, 0.15) is 5.69 Å². The molecule has 0 bridgehead atoms. The second-order valence-electron chi connectivity index (χ2n) is 4.44. The summed E-state index contributed by atoms with van der Waals surface area (Å²) in [5, 5.41) is 0. The Morgan fingerprint density at radius 1 is 1.05 bits per heavy atom. The predicted molar refractivity (Wildman–Crippen MR) is 73.3 cm³/mol. The van der Waals surface area contributed by atoms with E-state index in [-0.39, 0.29) is 11.8 Å². The van der Waals surface area contributed by atoms with Crippen molar-refractivity contribution in [1.82, 2.24) is 4.90 Å². The predicted octanol–water partition coefficient (Wildman–Crippen LogP) is -0.0402. The summed E-state index contributed by atoms with van der Waals surface area (Å²) >= 11 is 0. The number of carbonyl (C=O) groups is 1. The first-order valence-electron chi connectivity index (χ1n) is 6.72. The summed E-state index contributed by atoms with van der Waals surface area (Å²) in [7, 11) is 0. The van der Waals surface area contributed by atoms with E-state index < -0.39 is 10.9 Å². The second kappa shape index (κ2) is 5.94. The van der Waals surface area contributed by atoms with Crippen LogP contribution >= 0.6 is 0 Å². The molecular weight excluding hydrogens is 264 g/mol. The van der Waals surface area contributed by atoms with Crippen LogP contribution in [0.3, 0.4) is 0 Å². The van der Waals surface area contributed by atoms with Crippen molar-refractivity contribution in [3.05, 3.63) is 20.4 Å². The first-order valence-corrected chi connectivity index (χ1v) is 6.72. The zero-order valence-corrected chi connectivity index (χ0v) is 11.7. The van der Waals surface area contributed by atoms with Gasteiger partial charge in [0.25, 0.3) is 10.9 Å². The lowest BCUT2D eigenvalue weighted by Gasteiger charge is -2.36. The van der Waals surface area contributed by atoms with Gasteiger partial charge in [0.15, 0.2) is 5.75 Å². The summed E-state index contributed by atoms with van der Waals surface area (Å²) in [5.74, 6) is 0.155. The lowest BCUT2D eigenvalue weighted by Crippen LogP contribution is -2.52. The van der Waals surface area contributed by atoms with Crippen LogP contribution in [0.25, 0.3) is 0 Å². The number of anilines is 1. The largest absolute Gasteiger partial charge is 0.488 e. The maximum absolute atomic E-state index is 11.6. The second-order valence-corrected chi connectivity index (χ2v) is 4.44. The summed E-state index contributed by atoms with van der Waals surface area (Å²) in [4.78, 5) is 38.0. The topological polar surface area (TPSA) is 76.2 Å². The number of amides is 1. The Hall–Kier alpha value is -2.05. The molecule has 1 saturated heterocycles. The first-order chi connectivity index (χ1) is 9.60. The van der Waals surface area contributed by atoms with Crippen LogP contribution in [0.4, 0.5) is 10.5 Å². The maximum Gasteiger partial charge on any atom is 0.409 e. The van der Waals surface area contributed by atoms with Gasteiger partial charge in [0, 0.05) is 26.2 Å². The molecule has 0 radical (unpaired) electrons. The van der Waals surface area contributed by atoms with Gasteiger partial charge in [0.05, 0.1) is 13.2 Å². The SMILES string of the molecule is CCOC(=O)N1CCN(c2c(OCC)c(=O)c2=O)CC1. The first kappa shape index (κ1) is 14.4. The van der Waals surface area contributed by atoms with E-state index in [9.17, 15) is 14.4 Å². The Balaban J connectivity index is 2.01. The number of rotatable bonds is 4. The number of hydrogen-bond donors (Lipinski definition) is 0. The minimum Gasteiger partial charge on any atom is -0.488 e. The highest BCUT2D eigenvalue weighted by molar-refractivity contribution is 5.69. The highest BCUT2D eigenvalue weighted by Crippen LogP contribution is 2.23. The van der Waals surface area contributed by atoms with Crippen molar-refractivity contribution < 1.29 is 14.3 Å². The molecule has 2 rings (SSSR count). The summed E-state index contributed by atoms with van der Waals surface area (Å²) in [6, 6.07) is 0. The van der Waals surface area contributed by atoms with E-state index in [0.717, 1.165) is 0 Å². The van der Waals surface area contributed by atoms with Gasteiger partial charge in [-0.15, -0.1) is 0 Å². The van der Waals surface area contributed by atoms with Gasteiger partial charge in [-0.05, 0) is 13.8 Å². The minimum absolute atomic E-state index is 0.155. The minimum atomic E-state index is -0.560. The van der Waals surface area contributed by atoms with Gasteiger partial charge in [-0.2, -0.15) is 0 Å².